The van der Waals surface area contributed by atoms with Crippen LogP contribution < -0.4 is 0 Å². The number of hydrogen-bond acceptors (Lipinski definition) is 0. The van der Waals surface area contributed by atoms with Crippen LogP contribution in [0.15, 0.2) is 29.8 Å². The highest BCUT2D eigenvalue weighted by Crippen LogP contribution is 2.41. The Labute approximate surface area is 118 Å². The fraction of sp³-hybridized carbons (Fsp3) is 0.579. The van der Waals surface area contributed by atoms with Crippen LogP contribution in [0.1, 0.15) is 82.3 Å². The van der Waals surface area contributed by atoms with E-state index in [2.05, 4.69) is 44.2 Å². The SMILES string of the molecule is CCCCCCC1C(CCCC)=Cc2ccccc21. The molecule has 0 nitrogen and oxygen atoms in total. The monoisotopic (exact) mass is 256 g/mol. The summed E-state index contributed by atoms with van der Waals surface area (Å²) in [5, 5.41) is 0. The van der Waals surface area contributed by atoms with Gasteiger partial charge in [0.2, 0.25) is 0 Å². The van der Waals surface area contributed by atoms with Crippen LogP contribution in [0.3, 0.4) is 0 Å². The zero-order valence-corrected chi connectivity index (χ0v) is 12.6. The van der Waals surface area contributed by atoms with Crippen LogP contribution in [0.5, 0.6) is 0 Å². The summed E-state index contributed by atoms with van der Waals surface area (Å²) in [5.41, 5.74) is 4.76. The molecule has 0 amide bonds. The van der Waals surface area contributed by atoms with Crippen LogP contribution >= 0.6 is 0 Å². The van der Waals surface area contributed by atoms with E-state index >= 15 is 0 Å². The Morgan fingerprint density at radius 3 is 2.47 bits per heavy atom. The van der Waals surface area contributed by atoms with E-state index in [9.17, 15) is 0 Å². The molecule has 0 aromatic heterocycles. The van der Waals surface area contributed by atoms with Gasteiger partial charge in [-0.05, 0) is 30.4 Å². The third kappa shape index (κ3) is 3.72. The lowest BCUT2D eigenvalue weighted by Gasteiger charge is -2.17. The summed E-state index contributed by atoms with van der Waals surface area (Å²) < 4.78 is 0. The molecule has 1 atom stereocenters. The van der Waals surface area contributed by atoms with Gasteiger partial charge in [-0.15, -0.1) is 0 Å². The van der Waals surface area contributed by atoms with Gasteiger partial charge in [-0.3, -0.25) is 0 Å². The maximum Gasteiger partial charge on any atom is 0.00574 e. The lowest BCUT2D eigenvalue weighted by Crippen LogP contribution is -1.99. The Morgan fingerprint density at radius 1 is 0.895 bits per heavy atom. The fourth-order valence-electron chi connectivity index (χ4n) is 3.20. The van der Waals surface area contributed by atoms with Gasteiger partial charge in [-0.25, -0.2) is 0 Å². The lowest BCUT2D eigenvalue weighted by molar-refractivity contribution is 0.582. The maximum absolute atomic E-state index is 2.47. The third-order valence-corrected chi connectivity index (χ3v) is 4.33. The first-order chi connectivity index (χ1) is 9.36. The highest BCUT2D eigenvalue weighted by atomic mass is 14.3. The first-order valence-electron chi connectivity index (χ1n) is 8.16. The molecule has 0 saturated heterocycles. The van der Waals surface area contributed by atoms with Crippen LogP contribution in [-0.4, -0.2) is 0 Å². The van der Waals surface area contributed by atoms with Crippen molar-refractivity contribution >= 4 is 6.08 Å². The topological polar surface area (TPSA) is 0 Å². The molecule has 0 saturated carbocycles. The average Bonchev–Trinajstić information content (AvgIpc) is 2.79. The molecule has 2 rings (SSSR count). The number of hydrogen-bond donors (Lipinski definition) is 0. The summed E-state index contributed by atoms with van der Waals surface area (Å²) in [5.74, 6) is 0.722. The van der Waals surface area contributed by atoms with Crippen LogP contribution in [-0.2, 0) is 0 Å². The van der Waals surface area contributed by atoms with E-state index in [-0.39, 0.29) is 0 Å². The van der Waals surface area contributed by atoms with E-state index < -0.39 is 0 Å². The second kappa shape index (κ2) is 7.53. The van der Waals surface area contributed by atoms with E-state index in [1.165, 1.54) is 56.9 Å². The first kappa shape index (κ1) is 14.4. The van der Waals surface area contributed by atoms with Gasteiger partial charge in [0.15, 0.2) is 0 Å². The minimum Gasteiger partial charge on any atom is -0.0654 e. The molecule has 104 valence electrons. The predicted molar refractivity (Wildman–Crippen MR) is 85.4 cm³/mol. The molecule has 1 aliphatic rings. The molecule has 0 fully saturated rings. The van der Waals surface area contributed by atoms with Crippen molar-refractivity contribution in [2.75, 3.05) is 0 Å². The fourth-order valence-corrected chi connectivity index (χ4v) is 3.20. The molecule has 0 spiro atoms. The van der Waals surface area contributed by atoms with E-state index in [4.69, 9.17) is 0 Å². The largest absolute Gasteiger partial charge is 0.0654 e. The summed E-state index contributed by atoms with van der Waals surface area (Å²) in [6.07, 6.45) is 13.3. The van der Waals surface area contributed by atoms with Crippen molar-refractivity contribution in [2.45, 2.75) is 71.1 Å². The van der Waals surface area contributed by atoms with Gasteiger partial charge in [0.1, 0.15) is 0 Å². The standard InChI is InChI=1S/C19H28/c1-3-5-7-8-13-18-16(11-6-4-2)15-17-12-9-10-14-19(17)18/h9-10,12,14-15,18H,3-8,11,13H2,1-2H3. The number of benzene rings is 1. The summed E-state index contributed by atoms with van der Waals surface area (Å²) in [6, 6.07) is 9.00. The Balaban J connectivity index is 2.01. The average molecular weight is 256 g/mol. The van der Waals surface area contributed by atoms with E-state index in [1.54, 1.807) is 11.1 Å². The summed E-state index contributed by atoms with van der Waals surface area (Å²) in [7, 11) is 0. The molecule has 0 N–H and O–H groups in total. The van der Waals surface area contributed by atoms with Gasteiger partial charge in [-0.2, -0.15) is 0 Å². The molecule has 1 aromatic carbocycles. The van der Waals surface area contributed by atoms with Crippen molar-refractivity contribution < 1.29 is 0 Å². The van der Waals surface area contributed by atoms with Gasteiger partial charge < -0.3 is 0 Å². The van der Waals surface area contributed by atoms with E-state index in [0.717, 1.165) is 5.92 Å². The minimum atomic E-state index is 0.722. The highest BCUT2D eigenvalue weighted by Gasteiger charge is 2.23. The predicted octanol–water partition coefficient (Wildman–Crippen LogP) is 6.33. The van der Waals surface area contributed by atoms with Crippen molar-refractivity contribution in [1.29, 1.82) is 0 Å². The van der Waals surface area contributed by atoms with Crippen LogP contribution in [0.25, 0.3) is 6.08 Å². The summed E-state index contributed by atoms with van der Waals surface area (Å²) in [6.45, 7) is 4.58. The Morgan fingerprint density at radius 2 is 1.68 bits per heavy atom. The molecule has 19 heavy (non-hydrogen) atoms. The smallest absolute Gasteiger partial charge is 0.00574 e. The van der Waals surface area contributed by atoms with E-state index in [1.807, 2.05) is 0 Å². The molecule has 1 unspecified atom stereocenters. The molecular formula is C19H28. The third-order valence-electron chi connectivity index (χ3n) is 4.33. The zero-order chi connectivity index (χ0) is 13.5. The zero-order valence-electron chi connectivity index (χ0n) is 12.6. The molecule has 0 aliphatic heterocycles. The minimum absolute atomic E-state index is 0.722. The van der Waals surface area contributed by atoms with Crippen molar-refractivity contribution in [2.24, 2.45) is 0 Å². The Bertz CT molecular complexity index is 414. The van der Waals surface area contributed by atoms with Crippen LogP contribution in [0.2, 0.25) is 0 Å². The van der Waals surface area contributed by atoms with Crippen molar-refractivity contribution in [1.82, 2.24) is 0 Å². The molecule has 0 heteroatoms. The molecule has 0 heterocycles. The first-order valence-corrected chi connectivity index (χ1v) is 8.16. The number of unbranched alkanes of at least 4 members (excludes halogenated alkanes) is 4. The quantitative estimate of drug-likeness (QED) is 0.477. The molecule has 1 aromatic rings. The normalized spacial score (nSPS) is 17.4. The Hall–Kier alpha value is -1.04. The molecule has 1 aliphatic carbocycles. The van der Waals surface area contributed by atoms with Gasteiger partial charge >= 0.3 is 0 Å². The van der Waals surface area contributed by atoms with Crippen molar-refractivity contribution in [3.8, 4) is 0 Å². The van der Waals surface area contributed by atoms with Gasteiger partial charge in [0.05, 0.1) is 0 Å². The van der Waals surface area contributed by atoms with Gasteiger partial charge in [-0.1, -0.05) is 81.9 Å². The number of rotatable bonds is 8. The number of allylic oxidation sites excluding steroid dienone is 1. The van der Waals surface area contributed by atoms with Gasteiger partial charge in [0, 0.05) is 5.92 Å². The molecule has 0 radical (unpaired) electrons. The Kier molecular flexibility index (Phi) is 5.69. The summed E-state index contributed by atoms with van der Waals surface area (Å²) in [4.78, 5) is 0. The summed E-state index contributed by atoms with van der Waals surface area (Å²) >= 11 is 0. The van der Waals surface area contributed by atoms with Crippen LogP contribution in [0, 0.1) is 0 Å². The highest BCUT2D eigenvalue weighted by molar-refractivity contribution is 5.66. The lowest BCUT2D eigenvalue weighted by atomic mass is 9.88. The maximum atomic E-state index is 2.47. The van der Waals surface area contributed by atoms with Gasteiger partial charge in [0.25, 0.3) is 0 Å². The second-order valence-electron chi connectivity index (χ2n) is 5.85. The number of fused-ring (bicyclic) bond motifs is 1. The molecule has 0 bridgehead atoms. The van der Waals surface area contributed by atoms with Crippen molar-refractivity contribution in [3.05, 3.63) is 41.0 Å². The second-order valence-corrected chi connectivity index (χ2v) is 5.85. The van der Waals surface area contributed by atoms with E-state index in [0.29, 0.717) is 0 Å². The van der Waals surface area contributed by atoms with Crippen LogP contribution in [0.4, 0.5) is 0 Å². The van der Waals surface area contributed by atoms with Crippen molar-refractivity contribution in [3.63, 3.8) is 0 Å². The molecular weight excluding hydrogens is 228 g/mol.